The molecule has 1 aliphatic rings. The Hall–Kier alpha value is -2.62. The number of amides is 1. The van der Waals surface area contributed by atoms with Gasteiger partial charge in [-0.25, -0.2) is 13.5 Å². The molecule has 1 aliphatic heterocycles. The summed E-state index contributed by atoms with van der Waals surface area (Å²) in [7, 11) is 2.54. The predicted molar refractivity (Wildman–Crippen MR) is 83.2 cm³/mol. The van der Waals surface area contributed by atoms with Gasteiger partial charge in [-0.1, -0.05) is 5.21 Å². The summed E-state index contributed by atoms with van der Waals surface area (Å²) >= 11 is 0. The first kappa shape index (κ1) is 18.2. The minimum absolute atomic E-state index is 0.146. The second-order valence-electron chi connectivity index (χ2n) is 5.88. The number of ether oxygens (including phenoxy) is 2. The number of benzene rings is 1. The van der Waals surface area contributed by atoms with Crippen molar-refractivity contribution in [2.75, 3.05) is 27.3 Å². The summed E-state index contributed by atoms with van der Waals surface area (Å²) in [5.74, 6) is -5.68. The van der Waals surface area contributed by atoms with Crippen molar-refractivity contribution in [2.24, 2.45) is 0 Å². The molecule has 1 atom stereocenters. The Kier molecular flexibility index (Phi) is 5.12. The highest BCUT2D eigenvalue weighted by Crippen LogP contribution is 2.29. The molecular formula is C16H17F3N4O3. The summed E-state index contributed by atoms with van der Waals surface area (Å²) in [5.41, 5.74) is 0.0775. The quantitative estimate of drug-likeness (QED) is 0.753. The largest absolute Gasteiger partial charge is 0.491 e. The molecule has 2 heterocycles. The second-order valence-corrected chi connectivity index (χ2v) is 5.88. The zero-order valence-electron chi connectivity index (χ0n) is 14.2. The molecule has 1 saturated heterocycles. The van der Waals surface area contributed by atoms with E-state index in [9.17, 15) is 18.0 Å². The first-order chi connectivity index (χ1) is 12.5. The zero-order valence-corrected chi connectivity index (χ0v) is 14.2. The summed E-state index contributed by atoms with van der Waals surface area (Å²) in [6.07, 6.45) is 2.28. The Morgan fingerprint density at radius 1 is 1.31 bits per heavy atom. The van der Waals surface area contributed by atoms with E-state index in [2.05, 4.69) is 15.0 Å². The number of rotatable bonds is 5. The molecule has 1 amide bonds. The van der Waals surface area contributed by atoms with Crippen molar-refractivity contribution in [1.29, 1.82) is 0 Å². The average Bonchev–Trinajstić information content (AvgIpc) is 3.27. The van der Waals surface area contributed by atoms with Gasteiger partial charge in [-0.05, 0) is 12.5 Å². The van der Waals surface area contributed by atoms with Crippen LogP contribution in [0.2, 0.25) is 0 Å². The third kappa shape index (κ3) is 3.24. The van der Waals surface area contributed by atoms with Crippen LogP contribution in [0, 0.1) is 17.5 Å². The van der Waals surface area contributed by atoms with Gasteiger partial charge >= 0.3 is 0 Å². The molecule has 2 aromatic rings. The Balaban J connectivity index is 1.78. The molecule has 0 aliphatic carbocycles. The van der Waals surface area contributed by atoms with Crippen LogP contribution in [0.3, 0.4) is 0 Å². The molecule has 140 valence electrons. The van der Waals surface area contributed by atoms with Crippen molar-refractivity contribution in [2.45, 2.75) is 19.1 Å². The fraction of sp³-hybridized carbons (Fsp3) is 0.438. The summed E-state index contributed by atoms with van der Waals surface area (Å²) in [5, 5.41) is 7.95. The van der Waals surface area contributed by atoms with Crippen LogP contribution >= 0.6 is 0 Å². The second kappa shape index (κ2) is 7.32. The topological polar surface area (TPSA) is 69.5 Å². The van der Waals surface area contributed by atoms with E-state index in [0.717, 1.165) is 7.11 Å². The van der Waals surface area contributed by atoms with Crippen LogP contribution in [0.5, 0.6) is 5.75 Å². The number of aromatic nitrogens is 3. The van der Waals surface area contributed by atoms with Gasteiger partial charge < -0.3 is 14.4 Å². The van der Waals surface area contributed by atoms with Crippen LogP contribution in [0.15, 0.2) is 12.3 Å². The van der Waals surface area contributed by atoms with Gasteiger partial charge in [0, 0.05) is 20.2 Å². The molecule has 7 nitrogen and oxygen atoms in total. The maximum Gasteiger partial charge on any atom is 0.257 e. The molecule has 0 N–H and O–H groups in total. The Labute approximate surface area is 147 Å². The summed E-state index contributed by atoms with van der Waals surface area (Å²) in [4.78, 5) is 13.9. The van der Waals surface area contributed by atoms with Crippen molar-refractivity contribution >= 4 is 5.91 Å². The zero-order chi connectivity index (χ0) is 18.8. The van der Waals surface area contributed by atoms with Gasteiger partial charge in [-0.2, -0.15) is 4.39 Å². The highest BCUT2D eigenvalue weighted by atomic mass is 19.2. The van der Waals surface area contributed by atoms with Crippen LogP contribution in [0.25, 0.3) is 0 Å². The minimum atomic E-state index is -1.46. The highest BCUT2D eigenvalue weighted by Gasteiger charge is 2.32. The number of nitrogens with zero attached hydrogens (tertiary/aromatic N) is 4. The minimum Gasteiger partial charge on any atom is -0.491 e. The number of halogens is 3. The van der Waals surface area contributed by atoms with Gasteiger partial charge in [0.25, 0.3) is 5.91 Å². The van der Waals surface area contributed by atoms with Crippen LogP contribution in [-0.4, -0.2) is 53.1 Å². The number of carbonyl (C=O) groups excluding carboxylic acids is 1. The van der Waals surface area contributed by atoms with Crippen molar-refractivity contribution in [3.05, 3.63) is 41.0 Å². The Morgan fingerprint density at radius 2 is 2.08 bits per heavy atom. The number of methoxy groups -OCH3 is 2. The van der Waals surface area contributed by atoms with Crippen molar-refractivity contribution in [1.82, 2.24) is 19.9 Å². The van der Waals surface area contributed by atoms with E-state index in [-0.39, 0.29) is 12.6 Å². The molecule has 26 heavy (non-hydrogen) atoms. The molecule has 0 radical (unpaired) electrons. The predicted octanol–water partition coefficient (Wildman–Crippen LogP) is 1.94. The molecule has 10 heteroatoms. The van der Waals surface area contributed by atoms with Gasteiger partial charge in [0.15, 0.2) is 17.4 Å². The molecule has 0 bridgehead atoms. The van der Waals surface area contributed by atoms with E-state index in [0.29, 0.717) is 31.3 Å². The fourth-order valence-corrected chi connectivity index (χ4v) is 2.93. The molecule has 1 unspecified atom stereocenters. The van der Waals surface area contributed by atoms with E-state index in [1.54, 1.807) is 18.0 Å². The first-order valence-electron chi connectivity index (χ1n) is 7.86. The lowest BCUT2D eigenvalue weighted by Gasteiger charge is -2.18. The van der Waals surface area contributed by atoms with Crippen LogP contribution in [0.4, 0.5) is 13.2 Å². The number of hydrogen-bond donors (Lipinski definition) is 0. The lowest BCUT2D eigenvalue weighted by Crippen LogP contribution is -2.30. The monoisotopic (exact) mass is 370 g/mol. The van der Waals surface area contributed by atoms with Crippen molar-refractivity contribution in [3.8, 4) is 5.75 Å². The molecule has 3 rings (SSSR count). The first-order valence-corrected chi connectivity index (χ1v) is 7.86. The fourth-order valence-electron chi connectivity index (χ4n) is 2.93. The average molecular weight is 370 g/mol. The Morgan fingerprint density at radius 3 is 2.77 bits per heavy atom. The van der Waals surface area contributed by atoms with Crippen molar-refractivity contribution in [3.63, 3.8) is 0 Å². The molecule has 1 aromatic heterocycles. The van der Waals surface area contributed by atoms with E-state index in [1.807, 2.05) is 0 Å². The number of hydrogen-bond acceptors (Lipinski definition) is 5. The van der Waals surface area contributed by atoms with Gasteiger partial charge in [0.05, 0.1) is 31.5 Å². The molecular weight excluding hydrogens is 353 g/mol. The van der Waals surface area contributed by atoms with Gasteiger partial charge in [0.2, 0.25) is 5.82 Å². The standard InChI is InChI=1S/C16H17F3N4O3/c1-25-8-9-6-23(21-20-9)10-3-4-22(7-10)16(24)11-5-12(17)14(19)15(26-2)13(11)18/h5-6,10H,3-4,7-8H2,1-2H3. The molecule has 1 fully saturated rings. The van der Waals surface area contributed by atoms with Crippen LogP contribution < -0.4 is 4.74 Å². The van der Waals surface area contributed by atoms with Crippen LogP contribution in [-0.2, 0) is 11.3 Å². The third-order valence-corrected chi connectivity index (χ3v) is 4.23. The number of carbonyl (C=O) groups is 1. The maximum atomic E-state index is 14.3. The summed E-state index contributed by atoms with van der Waals surface area (Å²) < 4.78 is 52.6. The van der Waals surface area contributed by atoms with Crippen molar-refractivity contribution < 1.29 is 27.4 Å². The molecule has 1 aromatic carbocycles. The van der Waals surface area contributed by atoms with Gasteiger partial charge in [-0.3, -0.25) is 4.79 Å². The lowest BCUT2D eigenvalue weighted by molar-refractivity contribution is 0.0780. The van der Waals surface area contributed by atoms with Gasteiger partial charge in [0.1, 0.15) is 5.69 Å². The smallest absolute Gasteiger partial charge is 0.257 e. The van der Waals surface area contributed by atoms with E-state index in [1.165, 1.54) is 4.90 Å². The highest BCUT2D eigenvalue weighted by molar-refractivity contribution is 5.95. The Bertz CT molecular complexity index is 827. The van der Waals surface area contributed by atoms with E-state index < -0.39 is 34.7 Å². The molecule has 0 spiro atoms. The third-order valence-electron chi connectivity index (χ3n) is 4.23. The van der Waals surface area contributed by atoms with E-state index in [4.69, 9.17) is 4.74 Å². The van der Waals surface area contributed by atoms with Crippen LogP contribution in [0.1, 0.15) is 28.5 Å². The summed E-state index contributed by atoms with van der Waals surface area (Å²) in [6, 6.07) is 0.405. The van der Waals surface area contributed by atoms with E-state index >= 15 is 0 Å². The SMILES string of the molecule is COCc1cn(C2CCN(C(=O)c3cc(F)c(F)c(OC)c3F)C2)nn1. The number of likely N-dealkylation sites (tertiary alicyclic amines) is 1. The lowest BCUT2D eigenvalue weighted by atomic mass is 10.1. The summed E-state index contributed by atoms with van der Waals surface area (Å²) in [6.45, 7) is 0.883. The maximum absolute atomic E-state index is 14.3. The molecule has 0 saturated carbocycles. The normalized spacial score (nSPS) is 17.0. The van der Waals surface area contributed by atoms with Gasteiger partial charge in [-0.15, -0.1) is 5.10 Å².